The lowest BCUT2D eigenvalue weighted by molar-refractivity contribution is -0.115. The Hall–Kier alpha value is -1.33. The van der Waals surface area contributed by atoms with Crippen molar-refractivity contribution in [1.29, 1.82) is 0 Å². The van der Waals surface area contributed by atoms with Crippen LogP contribution in [0.3, 0.4) is 0 Å². The Morgan fingerprint density at radius 1 is 1.35 bits per heavy atom. The van der Waals surface area contributed by atoms with Gasteiger partial charge in [0.25, 0.3) is 5.91 Å². The summed E-state index contributed by atoms with van der Waals surface area (Å²) in [5, 5.41) is 12.8. The van der Waals surface area contributed by atoms with E-state index in [1.807, 2.05) is 39.8 Å². The fraction of sp³-hybridized carbons (Fsp3) is 0.333. The Bertz CT molecular complexity index is 627. The van der Waals surface area contributed by atoms with E-state index in [-0.39, 0.29) is 11.3 Å². The molecule has 1 aromatic carbocycles. The van der Waals surface area contributed by atoms with Crippen LogP contribution in [0.5, 0.6) is 5.75 Å². The lowest BCUT2D eigenvalue weighted by Crippen LogP contribution is -2.17. The first-order chi connectivity index (χ1) is 9.18. The first-order valence-corrected chi connectivity index (χ1v) is 7.50. The summed E-state index contributed by atoms with van der Waals surface area (Å²) in [6.07, 6.45) is 1.81. The summed E-state index contributed by atoms with van der Waals surface area (Å²) in [6, 6.07) is 3.79. The molecule has 2 rings (SSSR count). The number of phenolic OH excluding ortho intramolecular Hbond substituents is 1. The van der Waals surface area contributed by atoms with E-state index in [4.69, 9.17) is 12.2 Å². The van der Waals surface area contributed by atoms with Crippen molar-refractivity contribution in [3.8, 4) is 5.75 Å². The minimum absolute atomic E-state index is 0.163. The average Bonchev–Trinajstić information content (AvgIpc) is 2.60. The van der Waals surface area contributed by atoms with Gasteiger partial charge in [0.15, 0.2) is 0 Å². The predicted molar refractivity (Wildman–Crippen MR) is 87.9 cm³/mol. The largest absolute Gasteiger partial charge is 0.507 e. The molecule has 0 bridgehead atoms. The lowest BCUT2D eigenvalue weighted by atomic mass is 9.84. The van der Waals surface area contributed by atoms with Crippen LogP contribution in [0.25, 0.3) is 6.08 Å². The van der Waals surface area contributed by atoms with E-state index in [9.17, 15) is 9.90 Å². The zero-order valence-corrected chi connectivity index (χ0v) is 13.5. The van der Waals surface area contributed by atoms with Crippen molar-refractivity contribution in [3.05, 3.63) is 33.7 Å². The second-order valence-electron chi connectivity index (χ2n) is 5.84. The van der Waals surface area contributed by atoms with E-state index in [0.29, 0.717) is 15.0 Å². The van der Waals surface area contributed by atoms with Crippen LogP contribution in [0.1, 0.15) is 37.5 Å². The van der Waals surface area contributed by atoms with Gasteiger partial charge in [0.1, 0.15) is 10.1 Å². The molecule has 0 aromatic heterocycles. The number of carbonyl (C=O) groups excluding carboxylic acids is 1. The van der Waals surface area contributed by atoms with Gasteiger partial charge >= 0.3 is 0 Å². The van der Waals surface area contributed by atoms with Crippen molar-refractivity contribution in [3.63, 3.8) is 0 Å². The van der Waals surface area contributed by atoms with E-state index >= 15 is 0 Å². The van der Waals surface area contributed by atoms with Gasteiger partial charge < -0.3 is 10.4 Å². The number of amides is 1. The molecule has 0 aliphatic carbocycles. The third kappa shape index (κ3) is 3.04. The van der Waals surface area contributed by atoms with Crippen molar-refractivity contribution in [1.82, 2.24) is 5.32 Å². The SMILES string of the molecule is Cc1cc(/C=C2\SC(=S)NC2=O)cc(C(C)(C)C)c1O. The number of aromatic hydroxyl groups is 1. The highest BCUT2D eigenvalue weighted by Crippen LogP contribution is 2.35. The number of benzene rings is 1. The van der Waals surface area contributed by atoms with Gasteiger partial charge in [-0.25, -0.2) is 0 Å². The third-order valence-corrected chi connectivity index (χ3v) is 4.23. The third-order valence-electron chi connectivity index (χ3n) is 3.07. The normalized spacial score (nSPS) is 17.7. The molecular formula is C15H17NO2S2. The molecule has 1 aromatic rings. The summed E-state index contributed by atoms with van der Waals surface area (Å²) in [6.45, 7) is 8.00. The highest BCUT2D eigenvalue weighted by atomic mass is 32.2. The molecule has 0 unspecified atom stereocenters. The van der Waals surface area contributed by atoms with Crippen LogP contribution >= 0.6 is 24.0 Å². The number of aryl methyl sites for hydroxylation is 1. The smallest absolute Gasteiger partial charge is 0.263 e. The molecule has 0 saturated carbocycles. The lowest BCUT2D eigenvalue weighted by Gasteiger charge is -2.22. The number of nitrogens with one attached hydrogen (secondary N) is 1. The Morgan fingerprint density at radius 2 is 2.00 bits per heavy atom. The van der Waals surface area contributed by atoms with Crippen molar-refractivity contribution in [2.45, 2.75) is 33.1 Å². The summed E-state index contributed by atoms with van der Waals surface area (Å²) < 4.78 is 0.479. The summed E-state index contributed by atoms with van der Waals surface area (Å²) in [7, 11) is 0. The molecule has 1 aliphatic rings. The fourth-order valence-electron chi connectivity index (χ4n) is 2.03. The van der Waals surface area contributed by atoms with E-state index in [1.165, 1.54) is 11.8 Å². The van der Waals surface area contributed by atoms with Crippen molar-refractivity contribution in [2.24, 2.45) is 0 Å². The maximum absolute atomic E-state index is 11.7. The van der Waals surface area contributed by atoms with Gasteiger partial charge in [-0.2, -0.15) is 0 Å². The molecule has 0 radical (unpaired) electrons. The molecule has 106 valence electrons. The van der Waals surface area contributed by atoms with Crippen LogP contribution in [0.2, 0.25) is 0 Å². The topological polar surface area (TPSA) is 49.3 Å². The summed E-state index contributed by atoms with van der Waals surface area (Å²) in [4.78, 5) is 12.3. The minimum Gasteiger partial charge on any atom is -0.507 e. The maximum atomic E-state index is 11.7. The predicted octanol–water partition coefficient (Wildman–Crippen LogP) is 3.49. The standard InChI is InChI=1S/C15H17NO2S2/c1-8-5-9(6-10(12(8)17)15(2,3)4)7-11-13(18)16-14(19)20-11/h5-7,17H,1-4H3,(H,16,18,19)/b11-7-. The van der Waals surface area contributed by atoms with Crippen LogP contribution < -0.4 is 5.32 Å². The van der Waals surface area contributed by atoms with Crippen molar-refractivity contribution >= 4 is 40.3 Å². The number of thiocarbonyl (C=S) groups is 1. The Morgan fingerprint density at radius 3 is 2.50 bits per heavy atom. The molecule has 2 N–H and O–H groups in total. The Labute approximate surface area is 128 Å². The quantitative estimate of drug-likeness (QED) is 0.616. The molecule has 1 aliphatic heterocycles. The van der Waals surface area contributed by atoms with Crippen LogP contribution in [-0.2, 0) is 10.2 Å². The molecule has 3 nitrogen and oxygen atoms in total. The summed E-state index contributed by atoms with van der Waals surface area (Å²) in [5.74, 6) is 0.154. The van der Waals surface area contributed by atoms with Gasteiger partial charge in [0.05, 0.1) is 4.91 Å². The Kier molecular flexibility index (Phi) is 3.93. The van der Waals surface area contributed by atoms with Crippen LogP contribution in [0.15, 0.2) is 17.0 Å². The van der Waals surface area contributed by atoms with Gasteiger partial charge in [-0.15, -0.1) is 0 Å². The average molecular weight is 307 g/mol. The van der Waals surface area contributed by atoms with E-state index in [2.05, 4.69) is 5.32 Å². The van der Waals surface area contributed by atoms with Gasteiger partial charge in [0.2, 0.25) is 0 Å². The number of hydrogen-bond donors (Lipinski definition) is 2. The van der Waals surface area contributed by atoms with E-state index in [0.717, 1.165) is 16.7 Å². The number of phenols is 1. The van der Waals surface area contributed by atoms with E-state index < -0.39 is 0 Å². The summed E-state index contributed by atoms with van der Waals surface area (Å²) in [5.41, 5.74) is 2.40. The van der Waals surface area contributed by atoms with Gasteiger partial charge in [-0.1, -0.05) is 44.8 Å². The molecule has 1 amide bonds. The highest BCUT2D eigenvalue weighted by Gasteiger charge is 2.23. The van der Waals surface area contributed by atoms with Crippen LogP contribution in [-0.4, -0.2) is 15.3 Å². The fourth-order valence-corrected chi connectivity index (χ4v) is 3.08. The second kappa shape index (κ2) is 5.22. The van der Waals surface area contributed by atoms with Crippen molar-refractivity contribution in [2.75, 3.05) is 0 Å². The molecule has 0 atom stereocenters. The van der Waals surface area contributed by atoms with Gasteiger partial charge in [-0.05, 0) is 41.7 Å². The maximum Gasteiger partial charge on any atom is 0.263 e. The number of hydrogen-bond acceptors (Lipinski definition) is 4. The first kappa shape index (κ1) is 15.1. The molecule has 1 heterocycles. The van der Waals surface area contributed by atoms with E-state index in [1.54, 1.807) is 6.08 Å². The molecule has 1 fully saturated rings. The molecule has 1 saturated heterocycles. The van der Waals surface area contributed by atoms with Gasteiger partial charge in [-0.3, -0.25) is 4.79 Å². The minimum atomic E-state index is -0.164. The van der Waals surface area contributed by atoms with Gasteiger partial charge in [0, 0.05) is 5.56 Å². The van der Waals surface area contributed by atoms with Crippen LogP contribution in [0, 0.1) is 6.92 Å². The van der Waals surface area contributed by atoms with Crippen molar-refractivity contribution < 1.29 is 9.90 Å². The monoisotopic (exact) mass is 307 g/mol. The molecule has 20 heavy (non-hydrogen) atoms. The summed E-state index contributed by atoms with van der Waals surface area (Å²) >= 11 is 6.23. The zero-order valence-electron chi connectivity index (χ0n) is 11.9. The number of rotatable bonds is 1. The number of carbonyl (C=O) groups is 1. The Balaban J connectivity index is 2.49. The second-order valence-corrected chi connectivity index (χ2v) is 7.56. The molecule has 0 spiro atoms. The number of thioether (sulfide) groups is 1. The zero-order chi connectivity index (χ0) is 15.1. The highest BCUT2D eigenvalue weighted by molar-refractivity contribution is 8.26. The van der Waals surface area contributed by atoms with Crippen LogP contribution in [0.4, 0.5) is 0 Å². The molecule has 5 heteroatoms. The molecular weight excluding hydrogens is 290 g/mol. The first-order valence-electron chi connectivity index (χ1n) is 6.27.